The van der Waals surface area contributed by atoms with Gasteiger partial charge in [-0.3, -0.25) is 0 Å². The molecule has 0 unspecified atom stereocenters. The molecule has 0 spiro atoms. The summed E-state index contributed by atoms with van der Waals surface area (Å²) in [5.74, 6) is -0.120. The van der Waals surface area contributed by atoms with Gasteiger partial charge in [0.1, 0.15) is 0 Å². The summed E-state index contributed by atoms with van der Waals surface area (Å²) in [6.45, 7) is 0. The van der Waals surface area contributed by atoms with Crippen LogP contribution >= 0.6 is 23.5 Å². The molecule has 98 valence electrons. The minimum absolute atomic E-state index is 0.216. The van der Waals surface area contributed by atoms with E-state index in [0.717, 1.165) is 10.8 Å². The van der Waals surface area contributed by atoms with Crippen molar-refractivity contribution in [2.75, 3.05) is 6.26 Å². The van der Waals surface area contributed by atoms with Crippen molar-refractivity contribution in [1.82, 2.24) is 4.98 Å². The van der Waals surface area contributed by atoms with E-state index in [9.17, 15) is 4.79 Å². The van der Waals surface area contributed by atoms with Crippen molar-refractivity contribution in [2.45, 2.75) is 15.7 Å². The molecular formula is C14H13NO2S2. The van der Waals surface area contributed by atoms with Gasteiger partial charge < -0.3 is 5.11 Å². The van der Waals surface area contributed by atoms with Crippen molar-refractivity contribution in [1.29, 1.82) is 0 Å². The predicted octanol–water partition coefficient (Wildman–Crippen LogP) is 3.79. The standard InChI is InChI=1S/C14H13NO2S2/c1-18-12-5-2-10(3-6-12)9-19-13-7-4-11(8-15-13)14(16)17/h2-8H,9H2,1H3,(H,16,17). The van der Waals surface area contributed by atoms with E-state index in [1.165, 1.54) is 16.7 Å². The average molecular weight is 291 g/mol. The number of nitrogens with zero attached hydrogens (tertiary/aromatic N) is 1. The predicted molar refractivity (Wildman–Crippen MR) is 79.0 cm³/mol. The molecule has 1 aromatic heterocycles. The van der Waals surface area contributed by atoms with E-state index in [1.807, 2.05) is 0 Å². The third-order valence-electron chi connectivity index (χ3n) is 2.53. The van der Waals surface area contributed by atoms with Crippen molar-refractivity contribution in [3.8, 4) is 0 Å². The van der Waals surface area contributed by atoms with Gasteiger partial charge >= 0.3 is 5.97 Å². The average Bonchev–Trinajstić information content (AvgIpc) is 2.46. The lowest BCUT2D eigenvalue weighted by molar-refractivity contribution is 0.0696. The number of thioether (sulfide) groups is 2. The molecule has 0 aliphatic rings. The molecular weight excluding hydrogens is 278 g/mol. The molecule has 2 aromatic rings. The number of carbonyl (C=O) groups is 1. The molecule has 0 fully saturated rings. The number of hydrogen-bond donors (Lipinski definition) is 1. The Balaban J connectivity index is 1.95. The third-order valence-corrected chi connectivity index (χ3v) is 4.29. The van der Waals surface area contributed by atoms with E-state index in [4.69, 9.17) is 5.11 Å². The van der Waals surface area contributed by atoms with Crippen LogP contribution in [-0.4, -0.2) is 22.3 Å². The second-order valence-corrected chi connectivity index (χ2v) is 5.70. The van der Waals surface area contributed by atoms with E-state index in [1.54, 1.807) is 35.7 Å². The topological polar surface area (TPSA) is 50.2 Å². The normalized spacial score (nSPS) is 10.4. The molecule has 19 heavy (non-hydrogen) atoms. The van der Waals surface area contributed by atoms with Crippen LogP contribution in [0.1, 0.15) is 15.9 Å². The van der Waals surface area contributed by atoms with Gasteiger partial charge in [0, 0.05) is 16.8 Å². The Hall–Kier alpha value is -1.46. The summed E-state index contributed by atoms with van der Waals surface area (Å²) in [6, 6.07) is 11.7. The van der Waals surface area contributed by atoms with Gasteiger partial charge in [-0.15, -0.1) is 23.5 Å². The molecule has 0 bridgehead atoms. The molecule has 0 atom stereocenters. The fourth-order valence-electron chi connectivity index (χ4n) is 1.47. The van der Waals surface area contributed by atoms with E-state index >= 15 is 0 Å². The lowest BCUT2D eigenvalue weighted by atomic mass is 10.2. The maximum atomic E-state index is 10.7. The SMILES string of the molecule is CSc1ccc(CSc2ccc(C(=O)O)cn2)cc1. The zero-order chi connectivity index (χ0) is 13.7. The molecule has 5 heteroatoms. The Morgan fingerprint density at radius 3 is 2.47 bits per heavy atom. The Kier molecular flexibility index (Phi) is 4.87. The smallest absolute Gasteiger partial charge is 0.337 e. The highest BCUT2D eigenvalue weighted by Gasteiger charge is 2.03. The van der Waals surface area contributed by atoms with Crippen LogP contribution in [0.3, 0.4) is 0 Å². The number of rotatable bonds is 5. The number of hydrogen-bond acceptors (Lipinski definition) is 4. The first-order chi connectivity index (χ1) is 9.19. The summed E-state index contributed by atoms with van der Waals surface area (Å²) in [5.41, 5.74) is 1.44. The van der Waals surface area contributed by atoms with Crippen LogP contribution in [0.5, 0.6) is 0 Å². The molecule has 0 aliphatic heterocycles. The summed E-state index contributed by atoms with van der Waals surface area (Å²) in [6.07, 6.45) is 3.44. The van der Waals surface area contributed by atoms with Gasteiger partial charge in [0.25, 0.3) is 0 Å². The second kappa shape index (κ2) is 6.63. The summed E-state index contributed by atoms with van der Waals surface area (Å²) < 4.78 is 0. The molecule has 1 heterocycles. The second-order valence-electron chi connectivity index (χ2n) is 3.83. The van der Waals surface area contributed by atoms with Crippen LogP contribution in [0.25, 0.3) is 0 Å². The van der Waals surface area contributed by atoms with Crippen molar-refractivity contribution >= 4 is 29.5 Å². The van der Waals surface area contributed by atoms with Crippen molar-refractivity contribution < 1.29 is 9.90 Å². The van der Waals surface area contributed by atoms with Crippen molar-refractivity contribution in [2.24, 2.45) is 0 Å². The Morgan fingerprint density at radius 2 is 1.95 bits per heavy atom. The zero-order valence-corrected chi connectivity index (χ0v) is 12.0. The fourth-order valence-corrected chi connectivity index (χ4v) is 2.68. The number of carboxylic acid groups (broad SMARTS) is 1. The Labute approximate surface area is 120 Å². The number of pyridine rings is 1. The van der Waals surface area contributed by atoms with Crippen molar-refractivity contribution in [3.63, 3.8) is 0 Å². The highest BCUT2D eigenvalue weighted by atomic mass is 32.2. The summed E-state index contributed by atoms with van der Waals surface area (Å²) in [4.78, 5) is 16.1. The van der Waals surface area contributed by atoms with E-state index < -0.39 is 5.97 Å². The third kappa shape index (κ3) is 4.01. The van der Waals surface area contributed by atoms with E-state index in [0.29, 0.717) is 0 Å². The Bertz CT molecular complexity index is 553. The monoisotopic (exact) mass is 291 g/mol. The van der Waals surface area contributed by atoms with Crippen LogP contribution in [0.15, 0.2) is 52.5 Å². The van der Waals surface area contributed by atoms with E-state index in [-0.39, 0.29) is 5.56 Å². The number of aromatic carboxylic acids is 1. The lowest BCUT2D eigenvalue weighted by Crippen LogP contribution is -1.96. The van der Waals surface area contributed by atoms with Gasteiger partial charge in [-0.2, -0.15) is 0 Å². The minimum Gasteiger partial charge on any atom is -0.478 e. The summed E-state index contributed by atoms with van der Waals surface area (Å²) >= 11 is 3.32. The Morgan fingerprint density at radius 1 is 1.21 bits per heavy atom. The highest BCUT2D eigenvalue weighted by molar-refractivity contribution is 7.98. The van der Waals surface area contributed by atoms with Gasteiger partial charge in [0.2, 0.25) is 0 Å². The number of aromatic nitrogens is 1. The molecule has 3 nitrogen and oxygen atoms in total. The maximum absolute atomic E-state index is 10.7. The van der Waals surface area contributed by atoms with Crippen LogP contribution in [0, 0.1) is 0 Å². The van der Waals surface area contributed by atoms with Crippen LogP contribution in [0.2, 0.25) is 0 Å². The first-order valence-corrected chi connectivity index (χ1v) is 7.85. The van der Waals surface area contributed by atoms with Gasteiger partial charge in [-0.1, -0.05) is 12.1 Å². The first-order valence-electron chi connectivity index (χ1n) is 5.64. The van der Waals surface area contributed by atoms with Crippen LogP contribution in [-0.2, 0) is 5.75 Å². The summed E-state index contributed by atoms with van der Waals surface area (Å²) in [7, 11) is 0. The summed E-state index contributed by atoms with van der Waals surface area (Å²) in [5, 5.41) is 9.62. The van der Waals surface area contributed by atoms with Gasteiger partial charge in [0.05, 0.1) is 10.6 Å². The van der Waals surface area contributed by atoms with Gasteiger partial charge in [-0.25, -0.2) is 9.78 Å². The van der Waals surface area contributed by atoms with Gasteiger partial charge in [-0.05, 0) is 36.1 Å². The molecule has 2 rings (SSSR count). The minimum atomic E-state index is -0.947. The molecule has 0 saturated carbocycles. The highest BCUT2D eigenvalue weighted by Crippen LogP contribution is 2.22. The molecule has 0 aliphatic carbocycles. The number of benzene rings is 1. The van der Waals surface area contributed by atoms with Crippen LogP contribution < -0.4 is 0 Å². The molecule has 1 N–H and O–H groups in total. The quantitative estimate of drug-likeness (QED) is 0.849. The maximum Gasteiger partial charge on any atom is 0.337 e. The van der Waals surface area contributed by atoms with Crippen molar-refractivity contribution in [3.05, 3.63) is 53.7 Å². The molecule has 0 radical (unpaired) electrons. The zero-order valence-electron chi connectivity index (χ0n) is 10.4. The van der Waals surface area contributed by atoms with E-state index in [2.05, 4.69) is 35.5 Å². The molecule has 1 aromatic carbocycles. The first kappa shape index (κ1) is 14.0. The molecule has 0 saturated heterocycles. The number of carboxylic acids is 1. The largest absolute Gasteiger partial charge is 0.478 e. The lowest BCUT2D eigenvalue weighted by Gasteiger charge is -2.03. The van der Waals surface area contributed by atoms with Crippen LogP contribution in [0.4, 0.5) is 0 Å². The fraction of sp³-hybridized carbons (Fsp3) is 0.143. The van der Waals surface area contributed by atoms with Gasteiger partial charge in [0.15, 0.2) is 0 Å². The molecule has 0 amide bonds.